The number of benzene rings is 1. The quantitative estimate of drug-likeness (QED) is 0.735. The lowest BCUT2D eigenvalue weighted by molar-refractivity contribution is 0.0979. The van der Waals surface area contributed by atoms with Crippen LogP contribution < -0.4 is 4.90 Å². The second-order valence-electron chi connectivity index (χ2n) is 4.53. The van der Waals surface area contributed by atoms with E-state index < -0.39 is 5.95 Å². The van der Waals surface area contributed by atoms with E-state index in [0.29, 0.717) is 6.54 Å². The number of carbonyl (C=O) groups is 1. The molecule has 1 aromatic carbocycles. The highest BCUT2D eigenvalue weighted by molar-refractivity contribution is 6.05. The number of hydrogen-bond donors (Lipinski definition) is 0. The van der Waals surface area contributed by atoms with Crippen LogP contribution in [0.2, 0.25) is 0 Å². The minimum atomic E-state index is -0.629. The van der Waals surface area contributed by atoms with Crippen LogP contribution >= 0.6 is 0 Å². The first-order valence-corrected chi connectivity index (χ1v) is 6.28. The molecule has 0 fully saturated rings. The third kappa shape index (κ3) is 2.21. The maximum absolute atomic E-state index is 13.1. The number of halogens is 1. The van der Waals surface area contributed by atoms with Crippen LogP contribution in [0.3, 0.4) is 0 Å². The highest BCUT2D eigenvalue weighted by Gasteiger charge is 2.24. The molecule has 0 atom stereocenters. The number of fused-ring (bicyclic) bond motifs is 1. The molecule has 0 saturated carbocycles. The average molecular weight is 256 g/mol. The Kier molecular flexibility index (Phi) is 2.99. The SMILES string of the molecule is O=C(c1cccc(F)n1)N1CCCc2ccccc21. The van der Waals surface area contributed by atoms with Gasteiger partial charge < -0.3 is 4.90 Å². The summed E-state index contributed by atoms with van der Waals surface area (Å²) in [5, 5.41) is 0. The molecule has 0 N–H and O–H groups in total. The monoisotopic (exact) mass is 256 g/mol. The largest absolute Gasteiger partial charge is 0.307 e. The topological polar surface area (TPSA) is 33.2 Å². The van der Waals surface area contributed by atoms with Gasteiger partial charge in [0.25, 0.3) is 5.91 Å². The molecule has 1 aliphatic heterocycles. The zero-order valence-electron chi connectivity index (χ0n) is 10.3. The Morgan fingerprint density at radius 3 is 2.84 bits per heavy atom. The summed E-state index contributed by atoms with van der Waals surface area (Å²) in [6.07, 6.45) is 1.88. The highest BCUT2D eigenvalue weighted by atomic mass is 19.1. The summed E-state index contributed by atoms with van der Waals surface area (Å²) in [6, 6.07) is 12.1. The van der Waals surface area contributed by atoms with Crippen molar-refractivity contribution >= 4 is 11.6 Å². The minimum Gasteiger partial charge on any atom is -0.307 e. The second kappa shape index (κ2) is 4.80. The maximum atomic E-state index is 13.1. The van der Waals surface area contributed by atoms with Gasteiger partial charge >= 0.3 is 0 Å². The lowest BCUT2D eigenvalue weighted by Crippen LogP contribution is -2.36. The summed E-state index contributed by atoms with van der Waals surface area (Å²) < 4.78 is 13.1. The van der Waals surface area contributed by atoms with E-state index in [0.717, 1.165) is 24.1 Å². The second-order valence-corrected chi connectivity index (χ2v) is 4.53. The van der Waals surface area contributed by atoms with Crippen molar-refractivity contribution in [3.05, 3.63) is 59.7 Å². The maximum Gasteiger partial charge on any atom is 0.276 e. The minimum absolute atomic E-state index is 0.150. The first-order chi connectivity index (χ1) is 9.25. The smallest absolute Gasteiger partial charge is 0.276 e. The number of para-hydroxylation sites is 1. The molecular formula is C15H13FN2O. The van der Waals surface area contributed by atoms with E-state index in [4.69, 9.17) is 0 Å². The van der Waals surface area contributed by atoms with Crippen LogP contribution in [0.15, 0.2) is 42.5 Å². The Morgan fingerprint density at radius 2 is 2.00 bits per heavy atom. The van der Waals surface area contributed by atoms with Gasteiger partial charge in [-0.2, -0.15) is 4.39 Å². The molecule has 1 aliphatic rings. The van der Waals surface area contributed by atoms with Gasteiger partial charge in [-0.25, -0.2) is 4.98 Å². The van der Waals surface area contributed by atoms with E-state index in [2.05, 4.69) is 4.98 Å². The summed E-state index contributed by atoms with van der Waals surface area (Å²) >= 11 is 0. The van der Waals surface area contributed by atoms with Gasteiger partial charge in [0.15, 0.2) is 0 Å². The Labute approximate surface area is 110 Å². The molecule has 0 aliphatic carbocycles. The molecule has 4 heteroatoms. The predicted molar refractivity (Wildman–Crippen MR) is 70.6 cm³/mol. The van der Waals surface area contributed by atoms with Crippen LogP contribution in [0.5, 0.6) is 0 Å². The van der Waals surface area contributed by atoms with E-state index in [9.17, 15) is 9.18 Å². The van der Waals surface area contributed by atoms with E-state index >= 15 is 0 Å². The molecule has 1 amide bonds. The molecule has 0 saturated heterocycles. The van der Waals surface area contributed by atoms with Crippen molar-refractivity contribution in [2.24, 2.45) is 0 Å². The molecule has 2 aromatic rings. The number of anilines is 1. The van der Waals surface area contributed by atoms with Crippen LogP contribution in [0.25, 0.3) is 0 Å². The summed E-state index contributed by atoms with van der Waals surface area (Å²) in [4.78, 5) is 17.8. The van der Waals surface area contributed by atoms with Crippen molar-refractivity contribution in [3.8, 4) is 0 Å². The zero-order chi connectivity index (χ0) is 13.2. The summed E-state index contributed by atoms with van der Waals surface area (Å²) in [7, 11) is 0. The van der Waals surface area contributed by atoms with Gasteiger partial charge in [0.2, 0.25) is 5.95 Å². The van der Waals surface area contributed by atoms with Crippen molar-refractivity contribution in [2.75, 3.05) is 11.4 Å². The molecule has 96 valence electrons. The molecule has 0 radical (unpaired) electrons. The van der Waals surface area contributed by atoms with Crippen LogP contribution in [-0.2, 0) is 6.42 Å². The molecule has 2 heterocycles. The Bertz CT molecular complexity index is 627. The molecule has 1 aromatic heterocycles. The summed E-state index contributed by atoms with van der Waals surface area (Å²) in [5.74, 6) is -0.872. The van der Waals surface area contributed by atoms with Gasteiger partial charge in [-0.05, 0) is 36.6 Å². The van der Waals surface area contributed by atoms with E-state index in [1.165, 1.54) is 12.1 Å². The van der Waals surface area contributed by atoms with Gasteiger partial charge in [-0.3, -0.25) is 4.79 Å². The fourth-order valence-corrected chi connectivity index (χ4v) is 2.41. The molecule has 3 nitrogen and oxygen atoms in total. The van der Waals surface area contributed by atoms with Gasteiger partial charge in [-0.15, -0.1) is 0 Å². The number of pyridine rings is 1. The van der Waals surface area contributed by atoms with Crippen LogP contribution in [-0.4, -0.2) is 17.4 Å². The number of aryl methyl sites for hydroxylation is 1. The van der Waals surface area contributed by atoms with Crippen molar-refractivity contribution in [1.29, 1.82) is 0 Å². The van der Waals surface area contributed by atoms with Crippen molar-refractivity contribution in [3.63, 3.8) is 0 Å². The Balaban J connectivity index is 1.98. The van der Waals surface area contributed by atoms with Gasteiger partial charge in [0.1, 0.15) is 5.69 Å². The lowest BCUT2D eigenvalue weighted by Gasteiger charge is -2.29. The summed E-state index contributed by atoms with van der Waals surface area (Å²) in [6.45, 7) is 0.647. The van der Waals surface area contributed by atoms with Crippen LogP contribution in [0, 0.1) is 5.95 Å². The lowest BCUT2D eigenvalue weighted by atomic mass is 10.0. The van der Waals surface area contributed by atoms with E-state index in [1.807, 2.05) is 24.3 Å². The number of hydrogen-bond acceptors (Lipinski definition) is 2. The number of aromatic nitrogens is 1. The first kappa shape index (κ1) is 11.8. The normalized spacial score (nSPS) is 14.1. The van der Waals surface area contributed by atoms with Crippen molar-refractivity contribution < 1.29 is 9.18 Å². The number of amides is 1. The first-order valence-electron chi connectivity index (χ1n) is 6.28. The van der Waals surface area contributed by atoms with Gasteiger partial charge in [0.05, 0.1) is 0 Å². The number of carbonyl (C=O) groups excluding carboxylic acids is 1. The molecule has 0 spiro atoms. The van der Waals surface area contributed by atoms with Gasteiger partial charge in [0, 0.05) is 12.2 Å². The molecule has 19 heavy (non-hydrogen) atoms. The van der Waals surface area contributed by atoms with Gasteiger partial charge in [-0.1, -0.05) is 24.3 Å². The van der Waals surface area contributed by atoms with Crippen LogP contribution in [0.4, 0.5) is 10.1 Å². The van der Waals surface area contributed by atoms with E-state index in [1.54, 1.807) is 11.0 Å². The highest BCUT2D eigenvalue weighted by Crippen LogP contribution is 2.27. The Morgan fingerprint density at radius 1 is 1.16 bits per heavy atom. The molecule has 0 unspecified atom stereocenters. The number of rotatable bonds is 1. The molecular weight excluding hydrogens is 243 g/mol. The summed E-state index contributed by atoms with van der Waals surface area (Å²) in [5.41, 5.74) is 2.21. The Hall–Kier alpha value is -2.23. The van der Waals surface area contributed by atoms with Crippen molar-refractivity contribution in [1.82, 2.24) is 4.98 Å². The average Bonchev–Trinajstić information content (AvgIpc) is 2.46. The van der Waals surface area contributed by atoms with E-state index in [-0.39, 0.29) is 11.6 Å². The van der Waals surface area contributed by atoms with Crippen LogP contribution in [0.1, 0.15) is 22.5 Å². The molecule has 0 bridgehead atoms. The fraction of sp³-hybridized carbons (Fsp3) is 0.200. The standard InChI is InChI=1S/C15H13FN2O/c16-14-9-3-7-12(17-14)15(19)18-10-4-6-11-5-1-2-8-13(11)18/h1-3,5,7-9H,4,6,10H2. The number of nitrogens with zero attached hydrogens (tertiary/aromatic N) is 2. The zero-order valence-corrected chi connectivity index (χ0v) is 10.3. The predicted octanol–water partition coefficient (Wildman–Crippen LogP) is 2.81. The third-order valence-corrected chi connectivity index (χ3v) is 3.29. The fourth-order valence-electron chi connectivity index (χ4n) is 2.41. The molecule has 3 rings (SSSR count). The third-order valence-electron chi connectivity index (χ3n) is 3.29. The van der Waals surface area contributed by atoms with Crippen molar-refractivity contribution in [2.45, 2.75) is 12.8 Å².